The smallest absolute Gasteiger partial charge is 0.240 e. The summed E-state index contributed by atoms with van der Waals surface area (Å²) in [5.41, 5.74) is 2.07. The van der Waals surface area contributed by atoms with Crippen LogP contribution in [0.3, 0.4) is 0 Å². The molecule has 0 amide bonds. The molecular weight excluding hydrogens is 178 g/mol. The Kier molecular flexibility index (Phi) is 2.26. The van der Waals surface area contributed by atoms with E-state index < -0.39 is 0 Å². The first-order valence-electron chi connectivity index (χ1n) is 4.61. The number of ether oxygens (including phenoxy) is 1. The van der Waals surface area contributed by atoms with E-state index in [9.17, 15) is 0 Å². The van der Waals surface area contributed by atoms with Gasteiger partial charge in [-0.3, -0.25) is 5.10 Å². The molecule has 2 N–H and O–H groups in total. The predicted octanol–water partition coefficient (Wildman–Crippen LogP) is 2.00. The predicted molar refractivity (Wildman–Crippen MR) is 56.8 cm³/mol. The Morgan fingerprint density at radius 2 is 2.36 bits per heavy atom. The lowest BCUT2D eigenvalue weighted by Crippen LogP contribution is -1.95. The number of fused-ring (bicyclic) bond motifs is 1. The molecular formula is C10H13N3O. The second-order valence-corrected chi connectivity index (χ2v) is 3.02. The summed E-state index contributed by atoms with van der Waals surface area (Å²) in [4.78, 5) is 0. The molecule has 0 aliphatic heterocycles. The number of nitrogens with zero attached hydrogens (tertiary/aromatic N) is 1. The van der Waals surface area contributed by atoms with E-state index in [2.05, 4.69) is 22.4 Å². The van der Waals surface area contributed by atoms with Crippen molar-refractivity contribution in [3.05, 3.63) is 18.2 Å². The molecule has 4 nitrogen and oxygen atoms in total. The summed E-state index contributed by atoms with van der Waals surface area (Å²) in [7, 11) is 1.62. The molecule has 14 heavy (non-hydrogen) atoms. The van der Waals surface area contributed by atoms with E-state index in [0.29, 0.717) is 5.88 Å². The molecule has 0 saturated carbocycles. The molecule has 1 aromatic carbocycles. The average molecular weight is 191 g/mol. The van der Waals surface area contributed by atoms with E-state index in [0.717, 1.165) is 23.1 Å². The Bertz CT molecular complexity index is 436. The molecule has 0 fully saturated rings. The van der Waals surface area contributed by atoms with Crippen molar-refractivity contribution < 1.29 is 4.74 Å². The van der Waals surface area contributed by atoms with Crippen molar-refractivity contribution in [3.8, 4) is 5.88 Å². The van der Waals surface area contributed by atoms with Crippen LogP contribution in [0.5, 0.6) is 5.88 Å². The second kappa shape index (κ2) is 3.57. The minimum absolute atomic E-state index is 0.639. The lowest BCUT2D eigenvalue weighted by molar-refractivity contribution is 0.401. The van der Waals surface area contributed by atoms with Gasteiger partial charge in [-0.05, 0) is 25.1 Å². The Labute approximate surface area is 82.3 Å². The van der Waals surface area contributed by atoms with Gasteiger partial charge in [0.2, 0.25) is 5.88 Å². The molecule has 0 saturated heterocycles. The monoisotopic (exact) mass is 191 g/mol. The molecule has 4 heteroatoms. The van der Waals surface area contributed by atoms with E-state index in [1.54, 1.807) is 7.11 Å². The first-order valence-corrected chi connectivity index (χ1v) is 4.61. The number of anilines is 1. The normalized spacial score (nSPS) is 10.4. The minimum atomic E-state index is 0.639. The summed E-state index contributed by atoms with van der Waals surface area (Å²) in [5.74, 6) is 0.639. The van der Waals surface area contributed by atoms with Crippen LogP contribution < -0.4 is 10.1 Å². The van der Waals surface area contributed by atoms with Crippen molar-refractivity contribution in [2.45, 2.75) is 6.92 Å². The fourth-order valence-electron chi connectivity index (χ4n) is 1.46. The van der Waals surface area contributed by atoms with Crippen LogP contribution in [0.4, 0.5) is 5.69 Å². The highest BCUT2D eigenvalue weighted by molar-refractivity contribution is 5.87. The summed E-state index contributed by atoms with van der Waals surface area (Å²) < 4.78 is 5.13. The molecule has 0 radical (unpaired) electrons. The molecule has 1 aromatic heterocycles. The van der Waals surface area contributed by atoms with Gasteiger partial charge in [-0.1, -0.05) is 0 Å². The number of benzene rings is 1. The van der Waals surface area contributed by atoms with Crippen LogP contribution in [0.15, 0.2) is 18.2 Å². The van der Waals surface area contributed by atoms with Gasteiger partial charge in [0, 0.05) is 12.2 Å². The van der Waals surface area contributed by atoms with Crippen molar-refractivity contribution >= 4 is 16.6 Å². The highest BCUT2D eigenvalue weighted by atomic mass is 16.5. The first kappa shape index (κ1) is 8.87. The minimum Gasteiger partial charge on any atom is -0.480 e. The van der Waals surface area contributed by atoms with E-state index in [4.69, 9.17) is 4.74 Å². The summed E-state index contributed by atoms with van der Waals surface area (Å²) in [6.07, 6.45) is 0. The van der Waals surface area contributed by atoms with E-state index in [1.165, 1.54) is 0 Å². The lowest BCUT2D eigenvalue weighted by atomic mass is 10.2. The van der Waals surface area contributed by atoms with Gasteiger partial charge >= 0.3 is 0 Å². The third-order valence-electron chi connectivity index (χ3n) is 2.10. The Morgan fingerprint density at radius 1 is 1.50 bits per heavy atom. The van der Waals surface area contributed by atoms with E-state index in [1.807, 2.05) is 18.2 Å². The number of hydrogen-bond donors (Lipinski definition) is 2. The maximum absolute atomic E-state index is 5.13. The Hall–Kier alpha value is -1.71. The molecule has 0 aliphatic rings. The molecule has 2 aromatic rings. The Balaban J connectivity index is 2.50. The zero-order valence-electron chi connectivity index (χ0n) is 8.29. The number of rotatable bonds is 3. The van der Waals surface area contributed by atoms with Gasteiger partial charge < -0.3 is 10.1 Å². The third-order valence-corrected chi connectivity index (χ3v) is 2.10. The second-order valence-electron chi connectivity index (χ2n) is 3.02. The van der Waals surface area contributed by atoms with Crippen LogP contribution in [0, 0.1) is 0 Å². The van der Waals surface area contributed by atoms with Crippen LogP contribution in [0.25, 0.3) is 10.9 Å². The van der Waals surface area contributed by atoms with E-state index >= 15 is 0 Å². The molecule has 0 bridgehead atoms. The molecule has 0 unspecified atom stereocenters. The van der Waals surface area contributed by atoms with Gasteiger partial charge in [0.15, 0.2) is 0 Å². The van der Waals surface area contributed by atoms with Gasteiger partial charge in [0.1, 0.15) is 0 Å². The van der Waals surface area contributed by atoms with Crippen molar-refractivity contribution in [2.75, 3.05) is 19.0 Å². The molecule has 0 spiro atoms. The fraction of sp³-hybridized carbons (Fsp3) is 0.300. The summed E-state index contributed by atoms with van der Waals surface area (Å²) in [6.45, 7) is 2.97. The van der Waals surface area contributed by atoms with Gasteiger partial charge in [-0.2, -0.15) is 0 Å². The topological polar surface area (TPSA) is 49.9 Å². The number of nitrogens with one attached hydrogen (secondary N) is 2. The number of aromatic nitrogens is 2. The number of hydrogen-bond acceptors (Lipinski definition) is 3. The molecule has 2 rings (SSSR count). The summed E-state index contributed by atoms with van der Waals surface area (Å²) in [6, 6.07) is 6.04. The van der Waals surface area contributed by atoms with Gasteiger partial charge in [0.05, 0.1) is 18.0 Å². The zero-order valence-corrected chi connectivity index (χ0v) is 8.29. The van der Waals surface area contributed by atoms with E-state index in [-0.39, 0.29) is 0 Å². The summed E-state index contributed by atoms with van der Waals surface area (Å²) >= 11 is 0. The van der Waals surface area contributed by atoms with Gasteiger partial charge in [-0.25, -0.2) is 0 Å². The quantitative estimate of drug-likeness (QED) is 0.780. The molecule has 0 aliphatic carbocycles. The standard InChI is InChI=1S/C10H13N3O/c1-3-11-7-4-5-9-8(6-7)10(14-2)13-12-9/h4-6,11H,3H2,1-2H3,(H,12,13). The maximum atomic E-state index is 5.13. The highest BCUT2D eigenvalue weighted by Gasteiger charge is 2.05. The molecule has 0 atom stereocenters. The third kappa shape index (κ3) is 1.39. The zero-order chi connectivity index (χ0) is 9.97. The van der Waals surface area contributed by atoms with Crippen molar-refractivity contribution in [3.63, 3.8) is 0 Å². The maximum Gasteiger partial charge on any atom is 0.240 e. The highest BCUT2D eigenvalue weighted by Crippen LogP contribution is 2.25. The number of methoxy groups -OCH3 is 1. The van der Waals surface area contributed by atoms with Crippen molar-refractivity contribution in [1.82, 2.24) is 10.2 Å². The van der Waals surface area contributed by atoms with Crippen LogP contribution >= 0.6 is 0 Å². The average Bonchev–Trinajstić information content (AvgIpc) is 2.60. The van der Waals surface area contributed by atoms with Crippen molar-refractivity contribution in [1.29, 1.82) is 0 Å². The lowest BCUT2D eigenvalue weighted by Gasteiger charge is -2.02. The van der Waals surface area contributed by atoms with Crippen LogP contribution in [0.2, 0.25) is 0 Å². The largest absolute Gasteiger partial charge is 0.480 e. The van der Waals surface area contributed by atoms with Gasteiger partial charge in [-0.15, -0.1) is 5.10 Å². The van der Waals surface area contributed by atoms with Crippen LogP contribution in [-0.4, -0.2) is 23.9 Å². The molecule has 74 valence electrons. The van der Waals surface area contributed by atoms with Crippen LogP contribution in [-0.2, 0) is 0 Å². The summed E-state index contributed by atoms with van der Waals surface area (Å²) in [5, 5.41) is 11.2. The molecule has 1 heterocycles. The fourth-order valence-corrected chi connectivity index (χ4v) is 1.46. The van der Waals surface area contributed by atoms with Gasteiger partial charge in [0.25, 0.3) is 0 Å². The van der Waals surface area contributed by atoms with Crippen molar-refractivity contribution in [2.24, 2.45) is 0 Å². The SMILES string of the molecule is CCNc1ccc2[nH]nc(OC)c2c1. The first-order chi connectivity index (χ1) is 6.85. The van der Waals surface area contributed by atoms with Crippen LogP contribution in [0.1, 0.15) is 6.92 Å². The number of H-pyrrole nitrogens is 1. The number of aromatic amines is 1. The Morgan fingerprint density at radius 3 is 3.07 bits per heavy atom.